The third-order valence-electron chi connectivity index (χ3n) is 3.78. The Bertz CT molecular complexity index is 1180. The molecule has 0 aliphatic rings. The van der Waals surface area contributed by atoms with Crippen molar-refractivity contribution in [3.63, 3.8) is 0 Å². The number of rotatable bonds is 5. The molecule has 0 aliphatic carbocycles. The van der Waals surface area contributed by atoms with E-state index < -0.39 is 44.1 Å². The average Bonchev–Trinajstić information content (AvgIpc) is 3.13. The highest BCUT2D eigenvalue weighted by Crippen LogP contribution is 2.33. The van der Waals surface area contributed by atoms with Gasteiger partial charge in [-0.25, -0.2) is 17.5 Å². The van der Waals surface area contributed by atoms with Crippen LogP contribution < -0.4 is 10.3 Å². The molecule has 1 amide bonds. The number of nitrogens with zero attached hydrogens (tertiary/aromatic N) is 2. The van der Waals surface area contributed by atoms with Crippen LogP contribution in [0.3, 0.4) is 0 Å². The zero-order valence-electron chi connectivity index (χ0n) is 14.6. The molecular weight excluding hydrogens is 452 g/mol. The van der Waals surface area contributed by atoms with Gasteiger partial charge in [-0.05, 0) is 48.5 Å². The van der Waals surface area contributed by atoms with E-state index in [0.29, 0.717) is 10.9 Å². The van der Waals surface area contributed by atoms with Crippen molar-refractivity contribution < 1.29 is 30.8 Å². The second-order valence-corrected chi connectivity index (χ2v) is 7.93. The molecule has 1 aromatic heterocycles. The summed E-state index contributed by atoms with van der Waals surface area (Å²) < 4.78 is 78.5. The van der Waals surface area contributed by atoms with Crippen molar-refractivity contribution in [3.05, 3.63) is 76.8 Å². The molecule has 0 atom stereocenters. The Balaban J connectivity index is 1.89. The quantitative estimate of drug-likeness (QED) is 0.449. The van der Waals surface area contributed by atoms with E-state index in [1.165, 1.54) is 24.3 Å². The van der Waals surface area contributed by atoms with Gasteiger partial charge < -0.3 is 0 Å². The van der Waals surface area contributed by atoms with Gasteiger partial charge in [0, 0.05) is 5.02 Å². The first-order valence-electron chi connectivity index (χ1n) is 7.98. The number of aromatic nitrogens is 2. The van der Waals surface area contributed by atoms with Crippen molar-refractivity contribution in [3.8, 4) is 5.69 Å². The number of hydrazine groups is 1. The van der Waals surface area contributed by atoms with Crippen LogP contribution >= 0.6 is 11.6 Å². The molecule has 0 bridgehead atoms. The highest BCUT2D eigenvalue weighted by molar-refractivity contribution is 7.89. The summed E-state index contributed by atoms with van der Waals surface area (Å²) in [5.41, 5.74) is -0.653. The average molecular weight is 463 g/mol. The molecule has 3 rings (SSSR count). The second-order valence-electron chi connectivity index (χ2n) is 5.81. The van der Waals surface area contributed by atoms with Crippen molar-refractivity contribution >= 4 is 27.5 Å². The maximum absolute atomic E-state index is 13.6. The minimum Gasteiger partial charge on any atom is -0.273 e. The molecule has 30 heavy (non-hydrogen) atoms. The molecule has 0 saturated heterocycles. The van der Waals surface area contributed by atoms with Crippen LogP contribution in [0.4, 0.5) is 17.6 Å². The van der Waals surface area contributed by atoms with Crippen molar-refractivity contribution in [1.82, 2.24) is 20.0 Å². The van der Waals surface area contributed by atoms with Gasteiger partial charge in [0.05, 0.1) is 22.3 Å². The Kier molecular flexibility index (Phi) is 5.83. The van der Waals surface area contributed by atoms with Crippen molar-refractivity contribution in [2.75, 3.05) is 0 Å². The first-order valence-corrected chi connectivity index (χ1v) is 9.84. The zero-order chi connectivity index (χ0) is 22.1. The fraction of sp³-hybridized carbons (Fsp3) is 0.0588. The smallest absolute Gasteiger partial charge is 0.273 e. The predicted molar refractivity (Wildman–Crippen MR) is 97.8 cm³/mol. The fourth-order valence-corrected chi connectivity index (χ4v) is 3.38. The summed E-state index contributed by atoms with van der Waals surface area (Å²) in [6, 6.07) is 8.80. The predicted octanol–water partition coefficient (Wildman–Crippen LogP) is 3.31. The third kappa shape index (κ3) is 4.61. The summed E-state index contributed by atoms with van der Waals surface area (Å²) in [6.45, 7) is 0. The molecule has 2 aromatic carbocycles. The molecule has 0 radical (unpaired) electrons. The van der Waals surface area contributed by atoms with Gasteiger partial charge in [0.1, 0.15) is 5.82 Å². The lowest BCUT2D eigenvalue weighted by molar-refractivity contribution is -0.143. The number of hydrogen-bond acceptors (Lipinski definition) is 4. The van der Waals surface area contributed by atoms with E-state index in [4.69, 9.17) is 11.6 Å². The van der Waals surface area contributed by atoms with Crippen LogP contribution in [0.25, 0.3) is 5.69 Å². The van der Waals surface area contributed by atoms with Crippen LogP contribution in [0.15, 0.2) is 59.6 Å². The molecule has 158 valence electrons. The molecule has 13 heteroatoms. The Labute approximate surface area is 172 Å². The number of nitrogens with one attached hydrogen (secondary N) is 2. The number of amides is 1. The number of carbonyl (C=O) groups is 1. The van der Waals surface area contributed by atoms with Gasteiger partial charge in [-0.3, -0.25) is 10.2 Å². The van der Waals surface area contributed by atoms with Crippen molar-refractivity contribution in [1.29, 1.82) is 0 Å². The van der Waals surface area contributed by atoms with Crippen molar-refractivity contribution in [2.45, 2.75) is 11.1 Å². The van der Waals surface area contributed by atoms with E-state index in [9.17, 15) is 30.8 Å². The molecular formula is C17H11ClF4N4O3S. The van der Waals surface area contributed by atoms with Crippen LogP contribution in [-0.2, 0) is 16.2 Å². The number of halogens is 5. The van der Waals surface area contributed by atoms with Crippen LogP contribution in [0.2, 0.25) is 5.02 Å². The first-order chi connectivity index (χ1) is 14.0. The molecule has 0 unspecified atom stereocenters. The van der Waals surface area contributed by atoms with E-state index >= 15 is 0 Å². The van der Waals surface area contributed by atoms with Crippen LogP contribution in [0, 0.1) is 5.82 Å². The standard InChI is InChI=1S/C17H11ClF4N4O3S/c18-10-1-5-12(6-2-10)26-15(17(20,21)22)14(9-23-26)16(27)24-25-30(28,29)13-7-3-11(19)4-8-13/h1-9,25H,(H,24,27). The molecule has 0 aliphatic heterocycles. The molecule has 3 aromatic rings. The molecule has 7 nitrogen and oxygen atoms in total. The van der Waals surface area contributed by atoms with Gasteiger partial charge in [0.25, 0.3) is 15.9 Å². The van der Waals surface area contributed by atoms with Gasteiger partial charge in [-0.2, -0.15) is 18.3 Å². The normalized spacial score (nSPS) is 12.0. The minimum atomic E-state index is -4.99. The lowest BCUT2D eigenvalue weighted by Gasteiger charge is -2.13. The highest BCUT2D eigenvalue weighted by atomic mass is 35.5. The summed E-state index contributed by atoms with van der Waals surface area (Å²) in [5, 5.41) is 3.87. The molecule has 1 heterocycles. The second kappa shape index (κ2) is 8.05. The van der Waals surface area contributed by atoms with Crippen LogP contribution in [-0.4, -0.2) is 24.1 Å². The van der Waals surface area contributed by atoms with E-state index in [0.717, 1.165) is 24.3 Å². The number of sulfonamides is 1. The highest BCUT2D eigenvalue weighted by Gasteiger charge is 2.40. The summed E-state index contributed by atoms with van der Waals surface area (Å²) in [4.78, 5) is 13.5. The third-order valence-corrected chi connectivity index (χ3v) is 5.29. The zero-order valence-corrected chi connectivity index (χ0v) is 16.2. The summed E-state index contributed by atoms with van der Waals surface area (Å²) in [6.07, 6.45) is -4.34. The number of hydrogen-bond donors (Lipinski definition) is 2. The van der Waals surface area contributed by atoms with Gasteiger partial charge in [0.2, 0.25) is 0 Å². The van der Waals surface area contributed by atoms with E-state index in [1.807, 2.05) is 0 Å². The lowest BCUT2D eigenvalue weighted by atomic mass is 10.2. The summed E-state index contributed by atoms with van der Waals surface area (Å²) in [7, 11) is -4.35. The maximum Gasteiger partial charge on any atom is 0.434 e. The SMILES string of the molecule is O=C(NNS(=O)(=O)c1ccc(F)cc1)c1cnn(-c2ccc(Cl)cc2)c1C(F)(F)F. The summed E-state index contributed by atoms with van der Waals surface area (Å²) in [5.74, 6) is -2.09. The minimum absolute atomic E-state index is 0.0160. The van der Waals surface area contributed by atoms with Crippen LogP contribution in [0.5, 0.6) is 0 Å². The Morgan fingerprint density at radius 3 is 2.20 bits per heavy atom. The van der Waals surface area contributed by atoms with Gasteiger partial charge in [-0.15, -0.1) is 4.83 Å². The Morgan fingerprint density at radius 2 is 1.63 bits per heavy atom. The molecule has 0 spiro atoms. The Morgan fingerprint density at radius 1 is 1.03 bits per heavy atom. The number of benzene rings is 2. The topological polar surface area (TPSA) is 93.1 Å². The van der Waals surface area contributed by atoms with Crippen molar-refractivity contribution in [2.24, 2.45) is 0 Å². The fourth-order valence-electron chi connectivity index (χ4n) is 2.42. The van der Waals surface area contributed by atoms with E-state index in [1.54, 1.807) is 10.3 Å². The largest absolute Gasteiger partial charge is 0.434 e. The number of alkyl halides is 3. The van der Waals surface area contributed by atoms with Gasteiger partial charge in [0.15, 0.2) is 5.69 Å². The van der Waals surface area contributed by atoms with Gasteiger partial charge >= 0.3 is 6.18 Å². The van der Waals surface area contributed by atoms with E-state index in [2.05, 4.69) is 5.10 Å². The van der Waals surface area contributed by atoms with E-state index in [-0.39, 0.29) is 10.7 Å². The first kappa shape index (κ1) is 21.7. The van der Waals surface area contributed by atoms with Gasteiger partial charge in [-0.1, -0.05) is 11.6 Å². The molecule has 2 N–H and O–H groups in total. The molecule has 0 saturated carbocycles. The number of carbonyl (C=O) groups excluding carboxylic acids is 1. The summed E-state index contributed by atoms with van der Waals surface area (Å²) >= 11 is 5.73. The Hall–Kier alpha value is -2.96. The lowest BCUT2D eigenvalue weighted by Crippen LogP contribution is -2.42. The maximum atomic E-state index is 13.6. The van der Waals surface area contributed by atoms with Crippen LogP contribution in [0.1, 0.15) is 16.1 Å². The molecule has 0 fully saturated rings. The monoisotopic (exact) mass is 462 g/mol.